The Bertz CT molecular complexity index is 433. The second-order valence-corrected chi connectivity index (χ2v) is 4.61. The van der Waals surface area contributed by atoms with E-state index in [1.807, 2.05) is 54.8 Å². The summed E-state index contributed by atoms with van der Waals surface area (Å²) in [4.78, 5) is 12.4. The van der Waals surface area contributed by atoms with Crippen molar-refractivity contribution in [1.82, 2.24) is 0 Å². The minimum absolute atomic E-state index is 0.505. The van der Waals surface area contributed by atoms with Gasteiger partial charge >= 0.3 is 0 Å². The van der Waals surface area contributed by atoms with Gasteiger partial charge in [0.1, 0.15) is 6.29 Å². The molecule has 0 aliphatic carbocycles. The first-order valence-corrected chi connectivity index (χ1v) is 5.71. The Balaban J connectivity index is 2.52. The summed E-state index contributed by atoms with van der Waals surface area (Å²) in [6.07, 6.45) is 1.02. The van der Waals surface area contributed by atoms with Crippen LogP contribution in [0.25, 0.3) is 0 Å². The van der Waals surface area contributed by atoms with Gasteiger partial charge in [0.2, 0.25) is 0 Å². The standard InChI is InChI=1S/C13H12OS/c1-13(10-14,12-8-5-9-15-12)11-6-3-2-4-7-11/h2-10H,1H3. The van der Waals surface area contributed by atoms with Crippen LogP contribution < -0.4 is 0 Å². The molecule has 1 unspecified atom stereocenters. The minimum atomic E-state index is -0.505. The van der Waals surface area contributed by atoms with Crippen molar-refractivity contribution in [1.29, 1.82) is 0 Å². The van der Waals surface area contributed by atoms with Crippen molar-refractivity contribution >= 4 is 17.6 Å². The van der Waals surface area contributed by atoms with Crippen LogP contribution in [0.15, 0.2) is 47.8 Å². The first-order valence-electron chi connectivity index (χ1n) is 4.83. The maximum absolute atomic E-state index is 11.3. The minimum Gasteiger partial charge on any atom is -0.302 e. The monoisotopic (exact) mass is 216 g/mol. The molecule has 1 aromatic carbocycles. The van der Waals surface area contributed by atoms with Crippen molar-refractivity contribution in [2.45, 2.75) is 12.3 Å². The second kappa shape index (κ2) is 3.99. The average Bonchev–Trinajstić information content (AvgIpc) is 2.83. The maximum Gasteiger partial charge on any atom is 0.135 e. The zero-order valence-electron chi connectivity index (χ0n) is 8.51. The molecule has 1 heterocycles. The molecule has 0 spiro atoms. The fourth-order valence-electron chi connectivity index (χ4n) is 1.63. The molecule has 0 radical (unpaired) electrons. The molecule has 0 saturated heterocycles. The molecule has 1 nitrogen and oxygen atoms in total. The number of hydrogen-bond acceptors (Lipinski definition) is 2. The van der Waals surface area contributed by atoms with Crippen molar-refractivity contribution in [2.24, 2.45) is 0 Å². The fourth-order valence-corrected chi connectivity index (χ4v) is 2.50. The number of rotatable bonds is 3. The molecule has 1 atom stereocenters. The summed E-state index contributed by atoms with van der Waals surface area (Å²) in [6, 6.07) is 13.9. The maximum atomic E-state index is 11.3. The van der Waals surface area contributed by atoms with Gasteiger partial charge in [-0.2, -0.15) is 0 Å². The van der Waals surface area contributed by atoms with Gasteiger partial charge in [0, 0.05) is 4.88 Å². The summed E-state index contributed by atoms with van der Waals surface area (Å²) < 4.78 is 0. The van der Waals surface area contributed by atoms with Gasteiger partial charge in [0.25, 0.3) is 0 Å². The zero-order valence-corrected chi connectivity index (χ0v) is 9.33. The molecule has 76 valence electrons. The van der Waals surface area contributed by atoms with E-state index in [1.54, 1.807) is 11.3 Å². The molecule has 0 aliphatic rings. The highest BCUT2D eigenvalue weighted by atomic mass is 32.1. The van der Waals surface area contributed by atoms with Gasteiger partial charge in [0.15, 0.2) is 0 Å². The molecular formula is C13H12OS. The van der Waals surface area contributed by atoms with Crippen LogP contribution in [0.3, 0.4) is 0 Å². The SMILES string of the molecule is CC(C=O)(c1ccccc1)c1cccs1. The summed E-state index contributed by atoms with van der Waals surface area (Å²) in [5.74, 6) is 0. The highest BCUT2D eigenvalue weighted by Gasteiger charge is 2.28. The molecule has 0 N–H and O–H groups in total. The molecular weight excluding hydrogens is 204 g/mol. The van der Waals surface area contributed by atoms with Crippen molar-refractivity contribution in [2.75, 3.05) is 0 Å². The number of carbonyl (C=O) groups is 1. The van der Waals surface area contributed by atoms with E-state index in [-0.39, 0.29) is 0 Å². The Hall–Kier alpha value is -1.41. The Morgan fingerprint density at radius 2 is 1.87 bits per heavy atom. The highest BCUT2D eigenvalue weighted by molar-refractivity contribution is 7.10. The molecule has 1 aromatic heterocycles. The fraction of sp³-hybridized carbons (Fsp3) is 0.154. The lowest BCUT2D eigenvalue weighted by molar-refractivity contribution is -0.110. The van der Waals surface area contributed by atoms with Crippen molar-refractivity contribution < 1.29 is 4.79 Å². The Labute approximate surface area is 93.4 Å². The van der Waals surface area contributed by atoms with Crippen LogP contribution in [0, 0.1) is 0 Å². The molecule has 0 bridgehead atoms. The molecule has 0 amide bonds. The number of aldehydes is 1. The Kier molecular flexibility index (Phi) is 2.69. The van der Waals surface area contributed by atoms with E-state index < -0.39 is 5.41 Å². The van der Waals surface area contributed by atoms with Gasteiger partial charge in [-0.25, -0.2) is 0 Å². The van der Waals surface area contributed by atoms with Gasteiger partial charge in [-0.3, -0.25) is 0 Å². The van der Waals surface area contributed by atoms with Crippen molar-refractivity contribution in [3.05, 3.63) is 58.3 Å². The van der Waals surface area contributed by atoms with E-state index in [1.165, 1.54) is 0 Å². The summed E-state index contributed by atoms with van der Waals surface area (Å²) in [5, 5.41) is 2.00. The average molecular weight is 216 g/mol. The molecule has 0 aliphatic heterocycles. The summed E-state index contributed by atoms with van der Waals surface area (Å²) >= 11 is 1.62. The third kappa shape index (κ3) is 1.73. The first-order chi connectivity index (χ1) is 7.27. The third-order valence-electron chi connectivity index (χ3n) is 2.64. The lowest BCUT2D eigenvalue weighted by atomic mass is 9.83. The lowest BCUT2D eigenvalue weighted by Gasteiger charge is -2.21. The Morgan fingerprint density at radius 3 is 2.40 bits per heavy atom. The number of thiophene rings is 1. The van der Waals surface area contributed by atoms with Gasteiger partial charge < -0.3 is 4.79 Å². The van der Waals surface area contributed by atoms with E-state index in [9.17, 15) is 4.79 Å². The Morgan fingerprint density at radius 1 is 1.13 bits per heavy atom. The van der Waals surface area contributed by atoms with Gasteiger partial charge in [-0.15, -0.1) is 11.3 Å². The van der Waals surface area contributed by atoms with Crippen LogP contribution in [-0.4, -0.2) is 6.29 Å². The van der Waals surface area contributed by atoms with E-state index in [4.69, 9.17) is 0 Å². The van der Waals surface area contributed by atoms with Crippen LogP contribution in [-0.2, 0) is 10.2 Å². The van der Waals surface area contributed by atoms with Gasteiger partial charge in [0.05, 0.1) is 5.41 Å². The molecule has 0 fully saturated rings. The van der Waals surface area contributed by atoms with Crippen LogP contribution in [0.1, 0.15) is 17.4 Å². The van der Waals surface area contributed by atoms with E-state index in [2.05, 4.69) is 0 Å². The van der Waals surface area contributed by atoms with Gasteiger partial charge in [-0.1, -0.05) is 36.4 Å². The van der Waals surface area contributed by atoms with Crippen LogP contribution in [0.4, 0.5) is 0 Å². The lowest BCUT2D eigenvalue weighted by Crippen LogP contribution is -2.23. The summed E-state index contributed by atoms with van der Waals surface area (Å²) in [6.45, 7) is 1.96. The summed E-state index contributed by atoms with van der Waals surface area (Å²) in [7, 11) is 0. The zero-order chi connectivity index (χ0) is 10.7. The molecule has 0 saturated carbocycles. The smallest absolute Gasteiger partial charge is 0.135 e. The third-order valence-corrected chi connectivity index (χ3v) is 3.75. The van der Waals surface area contributed by atoms with Crippen LogP contribution in [0.5, 0.6) is 0 Å². The largest absolute Gasteiger partial charge is 0.302 e. The number of carbonyl (C=O) groups excluding carboxylic acids is 1. The first kappa shape index (κ1) is 10.1. The topological polar surface area (TPSA) is 17.1 Å². The second-order valence-electron chi connectivity index (χ2n) is 3.66. The molecule has 2 rings (SSSR count). The number of hydrogen-bond donors (Lipinski definition) is 0. The van der Waals surface area contributed by atoms with Crippen LogP contribution in [0.2, 0.25) is 0 Å². The van der Waals surface area contributed by atoms with E-state index in [0.717, 1.165) is 16.7 Å². The van der Waals surface area contributed by atoms with E-state index >= 15 is 0 Å². The molecule has 2 heteroatoms. The van der Waals surface area contributed by atoms with Crippen molar-refractivity contribution in [3.63, 3.8) is 0 Å². The van der Waals surface area contributed by atoms with Crippen molar-refractivity contribution in [3.8, 4) is 0 Å². The molecule has 2 aromatic rings. The highest BCUT2D eigenvalue weighted by Crippen LogP contribution is 2.32. The van der Waals surface area contributed by atoms with Crippen LogP contribution >= 0.6 is 11.3 Å². The predicted molar refractivity (Wildman–Crippen MR) is 63.3 cm³/mol. The quantitative estimate of drug-likeness (QED) is 0.720. The van der Waals surface area contributed by atoms with E-state index in [0.29, 0.717) is 0 Å². The summed E-state index contributed by atoms with van der Waals surface area (Å²) in [5.41, 5.74) is 0.539. The molecule has 15 heavy (non-hydrogen) atoms. The predicted octanol–water partition coefficient (Wildman–Crippen LogP) is 3.25. The van der Waals surface area contributed by atoms with Gasteiger partial charge in [-0.05, 0) is 23.9 Å². The normalized spacial score (nSPS) is 14.5. The number of benzene rings is 1.